The topological polar surface area (TPSA) is 35.5 Å². The summed E-state index contributed by atoms with van der Waals surface area (Å²) in [5.41, 5.74) is 0.918. The van der Waals surface area contributed by atoms with Crippen LogP contribution in [0.2, 0.25) is 0 Å². The second-order valence-corrected chi connectivity index (χ2v) is 2.97. The number of aryl methyl sites for hydroxylation is 1. The van der Waals surface area contributed by atoms with Crippen LogP contribution in [0.25, 0.3) is 0 Å². The number of ether oxygens (including phenoxy) is 2. The number of carbonyl (C=O) groups excluding carboxylic acids is 1. The monoisotopic (exact) mass is 194 g/mol. The molecule has 0 saturated heterocycles. The summed E-state index contributed by atoms with van der Waals surface area (Å²) in [6.45, 7) is 4.20. The summed E-state index contributed by atoms with van der Waals surface area (Å²) in [5.74, 6) is 0.550. The molecular formula is C11H14O3. The molecule has 0 fully saturated rings. The van der Waals surface area contributed by atoms with Crippen LogP contribution in [0.15, 0.2) is 24.3 Å². The van der Waals surface area contributed by atoms with Crippen molar-refractivity contribution in [2.45, 2.75) is 20.3 Å². The molecule has 14 heavy (non-hydrogen) atoms. The molecule has 0 amide bonds. The van der Waals surface area contributed by atoms with E-state index in [2.05, 4.69) is 0 Å². The van der Waals surface area contributed by atoms with Crippen molar-refractivity contribution in [3.63, 3.8) is 0 Å². The van der Waals surface area contributed by atoms with Crippen LogP contribution in [-0.2, 0) is 4.74 Å². The third-order valence-electron chi connectivity index (χ3n) is 1.71. The van der Waals surface area contributed by atoms with Crippen LogP contribution in [0.5, 0.6) is 5.75 Å². The van der Waals surface area contributed by atoms with Gasteiger partial charge in [-0.2, -0.15) is 0 Å². The normalized spacial score (nSPS) is 9.57. The van der Waals surface area contributed by atoms with Crippen LogP contribution in [0.4, 0.5) is 4.79 Å². The van der Waals surface area contributed by atoms with Gasteiger partial charge in [-0.05, 0) is 25.0 Å². The quantitative estimate of drug-likeness (QED) is 0.548. The molecular weight excluding hydrogens is 180 g/mol. The van der Waals surface area contributed by atoms with E-state index in [1.807, 2.05) is 32.0 Å². The largest absolute Gasteiger partial charge is 0.513 e. The molecule has 0 aromatic heterocycles. The standard InChI is InChI=1S/C11H14O3/c1-3-8-13-11(12)14-10-7-5-4-6-9(10)2/h4-7H,3,8H2,1-2H3. The lowest BCUT2D eigenvalue weighted by Crippen LogP contribution is -2.11. The van der Waals surface area contributed by atoms with Gasteiger partial charge in [0.2, 0.25) is 0 Å². The Morgan fingerprint density at radius 2 is 2.07 bits per heavy atom. The van der Waals surface area contributed by atoms with E-state index in [9.17, 15) is 4.79 Å². The van der Waals surface area contributed by atoms with Gasteiger partial charge in [0.25, 0.3) is 0 Å². The first kappa shape index (κ1) is 10.6. The average Bonchev–Trinajstić information content (AvgIpc) is 2.18. The van der Waals surface area contributed by atoms with Crippen LogP contribution in [0.1, 0.15) is 18.9 Å². The minimum absolute atomic E-state index is 0.394. The maximum atomic E-state index is 11.1. The molecule has 1 aromatic rings. The van der Waals surface area contributed by atoms with E-state index in [-0.39, 0.29) is 0 Å². The molecule has 0 atom stereocenters. The van der Waals surface area contributed by atoms with E-state index >= 15 is 0 Å². The molecule has 0 radical (unpaired) electrons. The fourth-order valence-corrected chi connectivity index (χ4v) is 0.976. The zero-order valence-corrected chi connectivity index (χ0v) is 8.45. The Bertz CT molecular complexity index is 307. The molecule has 3 heteroatoms. The Morgan fingerprint density at radius 3 is 2.71 bits per heavy atom. The maximum Gasteiger partial charge on any atom is 0.513 e. The predicted molar refractivity (Wildman–Crippen MR) is 53.4 cm³/mol. The second-order valence-electron chi connectivity index (χ2n) is 2.97. The summed E-state index contributed by atoms with van der Waals surface area (Å²) in [7, 11) is 0. The Balaban J connectivity index is 2.52. The van der Waals surface area contributed by atoms with Crippen LogP contribution in [0.3, 0.4) is 0 Å². The second kappa shape index (κ2) is 5.27. The fraction of sp³-hybridized carbons (Fsp3) is 0.364. The van der Waals surface area contributed by atoms with Crippen molar-refractivity contribution in [3.05, 3.63) is 29.8 Å². The number of benzene rings is 1. The summed E-state index contributed by atoms with van der Waals surface area (Å²) < 4.78 is 9.78. The maximum absolute atomic E-state index is 11.1. The Hall–Kier alpha value is -1.51. The lowest BCUT2D eigenvalue weighted by atomic mass is 10.2. The lowest BCUT2D eigenvalue weighted by Gasteiger charge is -2.06. The smallest absolute Gasteiger partial charge is 0.434 e. The minimum atomic E-state index is -0.638. The van der Waals surface area contributed by atoms with Gasteiger partial charge in [-0.15, -0.1) is 0 Å². The van der Waals surface area contributed by atoms with Crippen LogP contribution in [0, 0.1) is 6.92 Å². The third kappa shape index (κ3) is 3.09. The number of para-hydroxylation sites is 1. The lowest BCUT2D eigenvalue weighted by molar-refractivity contribution is 0.0989. The zero-order valence-electron chi connectivity index (χ0n) is 8.45. The van der Waals surface area contributed by atoms with Gasteiger partial charge < -0.3 is 9.47 Å². The number of rotatable bonds is 3. The van der Waals surface area contributed by atoms with Gasteiger partial charge in [0.1, 0.15) is 5.75 Å². The van der Waals surface area contributed by atoms with Gasteiger partial charge >= 0.3 is 6.16 Å². The van der Waals surface area contributed by atoms with Crippen molar-refractivity contribution < 1.29 is 14.3 Å². The van der Waals surface area contributed by atoms with Crippen molar-refractivity contribution in [1.82, 2.24) is 0 Å². The molecule has 0 bridgehead atoms. The van der Waals surface area contributed by atoms with Crippen LogP contribution < -0.4 is 4.74 Å². The molecule has 0 unspecified atom stereocenters. The molecule has 0 heterocycles. The van der Waals surface area contributed by atoms with Gasteiger partial charge in [0.15, 0.2) is 0 Å². The van der Waals surface area contributed by atoms with Crippen LogP contribution >= 0.6 is 0 Å². The predicted octanol–water partition coefficient (Wildman–Crippen LogP) is 2.92. The molecule has 0 saturated carbocycles. The molecule has 0 N–H and O–H groups in total. The molecule has 0 aliphatic rings. The van der Waals surface area contributed by atoms with Crippen molar-refractivity contribution in [1.29, 1.82) is 0 Å². The highest BCUT2D eigenvalue weighted by atomic mass is 16.7. The molecule has 0 spiro atoms. The SMILES string of the molecule is CCCOC(=O)Oc1ccccc1C. The van der Waals surface area contributed by atoms with E-state index < -0.39 is 6.16 Å². The molecule has 1 rings (SSSR count). The number of hydrogen-bond acceptors (Lipinski definition) is 3. The fourth-order valence-electron chi connectivity index (χ4n) is 0.976. The van der Waals surface area contributed by atoms with Gasteiger partial charge in [-0.1, -0.05) is 25.1 Å². The highest BCUT2D eigenvalue weighted by Crippen LogP contribution is 2.16. The molecule has 0 aliphatic carbocycles. The first-order valence-electron chi connectivity index (χ1n) is 4.64. The summed E-state index contributed by atoms with van der Waals surface area (Å²) in [6.07, 6.45) is 0.157. The van der Waals surface area contributed by atoms with E-state index in [1.54, 1.807) is 6.07 Å². The number of carbonyl (C=O) groups is 1. The number of hydrogen-bond donors (Lipinski definition) is 0. The van der Waals surface area contributed by atoms with Gasteiger partial charge in [-0.25, -0.2) is 4.79 Å². The summed E-state index contributed by atoms with van der Waals surface area (Å²) in [6, 6.07) is 7.32. The van der Waals surface area contributed by atoms with Crippen molar-refractivity contribution in [3.8, 4) is 5.75 Å². The van der Waals surface area contributed by atoms with E-state index in [4.69, 9.17) is 9.47 Å². The molecule has 1 aromatic carbocycles. The molecule has 0 aliphatic heterocycles. The highest BCUT2D eigenvalue weighted by molar-refractivity contribution is 5.64. The van der Waals surface area contributed by atoms with Gasteiger partial charge in [0, 0.05) is 0 Å². The van der Waals surface area contributed by atoms with Crippen LogP contribution in [-0.4, -0.2) is 12.8 Å². The zero-order chi connectivity index (χ0) is 10.4. The average molecular weight is 194 g/mol. The van der Waals surface area contributed by atoms with E-state index in [1.165, 1.54) is 0 Å². The first-order chi connectivity index (χ1) is 6.74. The third-order valence-corrected chi connectivity index (χ3v) is 1.71. The van der Waals surface area contributed by atoms with Gasteiger partial charge in [0.05, 0.1) is 6.61 Å². The highest BCUT2D eigenvalue weighted by Gasteiger charge is 2.06. The first-order valence-corrected chi connectivity index (χ1v) is 4.64. The Morgan fingerprint density at radius 1 is 1.36 bits per heavy atom. The van der Waals surface area contributed by atoms with Crippen molar-refractivity contribution in [2.75, 3.05) is 6.61 Å². The summed E-state index contributed by atoms with van der Waals surface area (Å²) in [5, 5.41) is 0. The molecule has 3 nitrogen and oxygen atoms in total. The van der Waals surface area contributed by atoms with E-state index in [0.29, 0.717) is 12.4 Å². The van der Waals surface area contributed by atoms with E-state index in [0.717, 1.165) is 12.0 Å². The summed E-state index contributed by atoms with van der Waals surface area (Å²) >= 11 is 0. The molecule has 76 valence electrons. The Labute approximate surface area is 83.6 Å². The Kier molecular flexibility index (Phi) is 3.98. The summed E-state index contributed by atoms with van der Waals surface area (Å²) in [4.78, 5) is 11.1. The van der Waals surface area contributed by atoms with Gasteiger partial charge in [-0.3, -0.25) is 0 Å². The van der Waals surface area contributed by atoms with Crippen molar-refractivity contribution in [2.24, 2.45) is 0 Å². The van der Waals surface area contributed by atoms with Crippen molar-refractivity contribution >= 4 is 6.16 Å². The minimum Gasteiger partial charge on any atom is -0.434 e.